The molecule has 0 aliphatic carbocycles. The fourth-order valence-electron chi connectivity index (χ4n) is 2.06. The van der Waals surface area contributed by atoms with Crippen LogP contribution in [0.4, 0.5) is 10.7 Å². The van der Waals surface area contributed by atoms with E-state index in [1.165, 1.54) is 0 Å². The smallest absolute Gasteiger partial charge is 0.410 e. The van der Waals surface area contributed by atoms with E-state index in [1.807, 2.05) is 27.7 Å². The largest absolute Gasteiger partial charge is 0.444 e. The lowest BCUT2D eigenvalue weighted by molar-refractivity contribution is 0.0154. The molecule has 1 aromatic heterocycles. The van der Waals surface area contributed by atoms with Gasteiger partial charge in [0, 0.05) is 12.1 Å². The van der Waals surface area contributed by atoms with Gasteiger partial charge in [-0.2, -0.15) is 0 Å². The minimum Gasteiger partial charge on any atom is -0.444 e. The van der Waals surface area contributed by atoms with E-state index in [0.717, 1.165) is 11.3 Å². The van der Waals surface area contributed by atoms with Crippen molar-refractivity contribution in [2.45, 2.75) is 45.8 Å². The molecule has 0 bridgehead atoms. The lowest BCUT2D eigenvalue weighted by atomic mass is 10.0. The SMILES string of the molecule is CC1c2noc(N)c2CCN1C(=O)OC(C)(C)C. The molecule has 0 fully saturated rings. The van der Waals surface area contributed by atoms with Gasteiger partial charge in [0.05, 0.1) is 6.04 Å². The molecule has 0 saturated carbocycles. The number of carbonyl (C=O) groups excluding carboxylic acids is 1. The zero-order valence-electron chi connectivity index (χ0n) is 11.2. The van der Waals surface area contributed by atoms with Gasteiger partial charge in [-0.15, -0.1) is 0 Å². The lowest BCUT2D eigenvalue weighted by Gasteiger charge is -2.33. The third kappa shape index (κ3) is 2.27. The summed E-state index contributed by atoms with van der Waals surface area (Å²) in [5.41, 5.74) is 6.81. The molecule has 0 aromatic carbocycles. The summed E-state index contributed by atoms with van der Waals surface area (Å²) in [6.07, 6.45) is 0.316. The topological polar surface area (TPSA) is 81.6 Å². The number of ether oxygens (including phenoxy) is 1. The van der Waals surface area contributed by atoms with Crippen LogP contribution in [0.5, 0.6) is 0 Å². The Morgan fingerprint density at radius 1 is 1.56 bits per heavy atom. The van der Waals surface area contributed by atoms with Crippen LogP contribution in [0.2, 0.25) is 0 Å². The van der Waals surface area contributed by atoms with Crippen LogP contribution in [0.15, 0.2) is 4.52 Å². The summed E-state index contributed by atoms with van der Waals surface area (Å²) in [4.78, 5) is 13.7. The summed E-state index contributed by atoms with van der Waals surface area (Å²) >= 11 is 0. The lowest BCUT2D eigenvalue weighted by Crippen LogP contribution is -2.42. The second kappa shape index (κ2) is 4.19. The van der Waals surface area contributed by atoms with E-state index in [4.69, 9.17) is 15.0 Å². The molecule has 6 nitrogen and oxygen atoms in total. The molecular weight excluding hydrogens is 234 g/mol. The third-order valence-corrected chi connectivity index (χ3v) is 2.94. The summed E-state index contributed by atoms with van der Waals surface area (Å²) in [7, 11) is 0. The Labute approximate surface area is 106 Å². The molecule has 2 N–H and O–H groups in total. The number of hydrogen-bond donors (Lipinski definition) is 1. The number of nitrogens with zero attached hydrogens (tertiary/aromatic N) is 2. The fourth-order valence-corrected chi connectivity index (χ4v) is 2.06. The zero-order chi connectivity index (χ0) is 13.5. The van der Waals surface area contributed by atoms with Crippen LogP contribution in [0.25, 0.3) is 0 Å². The molecule has 0 radical (unpaired) electrons. The van der Waals surface area contributed by atoms with Crippen molar-refractivity contribution in [2.24, 2.45) is 0 Å². The first kappa shape index (κ1) is 12.7. The monoisotopic (exact) mass is 253 g/mol. The van der Waals surface area contributed by atoms with Crippen molar-refractivity contribution in [3.63, 3.8) is 0 Å². The first-order chi connectivity index (χ1) is 8.29. The molecule has 2 rings (SSSR count). The highest BCUT2D eigenvalue weighted by molar-refractivity contribution is 5.69. The van der Waals surface area contributed by atoms with Crippen LogP contribution < -0.4 is 5.73 Å². The Balaban J connectivity index is 2.17. The van der Waals surface area contributed by atoms with Gasteiger partial charge in [0.1, 0.15) is 11.3 Å². The molecule has 2 heterocycles. The Morgan fingerprint density at radius 3 is 2.83 bits per heavy atom. The molecule has 1 aliphatic rings. The molecule has 18 heavy (non-hydrogen) atoms. The summed E-state index contributed by atoms with van der Waals surface area (Å²) in [6.45, 7) is 8.00. The maximum Gasteiger partial charge on any atom is 0.410 e. The van der Waals surface area contributed by atoms with E-state index in [2.05, 4.69) is 5.16 Å². The highest BCUT2D eigenvalue weighted by atomic mass is 16.6. The number of hydrogen-bond acceptors (Lipinski definition) is 5. The van der Waals surface area contributed by atoms with Gasteiger partial charge >= 0.3 is 6.09 Å². The molecule has 1 aliphatic heterocycles. The summed E-state index contributed by atoms with van der Waals surface area (Å²) in [5, 5.41) is 3.92. The quantitative estimate of drug-likeness (QED) is 0.765. The molecule has 0 spiro atoms. The van der Waals surface area contributed by atoms with E-state index in [0.29, 0.717) is 18.8 Å². The number of rotatable bonds is 0. The van der Waals surface area contributed by atoms with E-state index in [1.54, 1.807) is 4.90 Å². The first-order valence-corrected chi connectivity index (χ1v) is 6.03. The number of nitrogen functional groups attached to an aromatic ring is 1. The van der Waals surface area contributed by atoms with Gasteiger partial charge in [0.2, 0.25) is 5.88 Å². The summed E-state index contributed by atoms with van der Waals surface area (Å²) in [6, 6.07) is -0.176. The average molecular weight is 253 g/mol. The first-order valence-electron chi connectivity index (χ1n) is 6.03. The Bertz CT molecular complexity index is 462. The fraction of sp³-hybridized carbons (Fsp3) is 0.667. The summed E-state index contributed by atoms with van der Waals surface area (Å²) in [5.74, 6) is 0.348. The van der Waals surface area contributed by atoms with Crippen LogP contribution in [0.1, 0.15) is 45.0 Å². The van der Waals surface area contributed by atoms with Crippen LogP contribution in [-0.4, -0.2) is 28.3 Å². The predicted molar refractivity (Wildman–Crippen MR) is 66.0 cm³/mol. The number of anilines is 1. The van der Waals surface area contributed by atoms with Crippen molar-refractivity contribution in [3.05, 3.63) is 11.3 Å². The van der Waals surface area contributed by atoms with Crippen LogP contribution >= 0.6 is 0 Å². The van der Waals surface area contributed by atoms with Crippen LogP contribution in [-0.2, 0) is 11.2 Å². The minimum absolute atomic E-state index is 0.176. The minimum atomic E-state index is -0.500. The number of carbonyl (C=O) groups is 1. The molecular formula is C12H19N3O3. The number of fused-ring (bicyclic) bond motifs is 1. The average Bonchev–Trinajstić information content (AvgIpc) is 2.59. The summed E-state index contributed by atoms with van der Waals surface area (Å²) < 4.78 is 10.3. The molecule has 100 valence electrons. The van der Waals surface area contributed by atoms with Gasteiger partial charge in [-0.25, -0.2) is 4.79 Å². The number of aromatic nitrogens is 1. The van der Waals surface area contributed by atoms with Crippen LogP contribution in [0.3, 0.4) is 0 Å². The van der Waals surface area contributed by atoms with Crippen molar-refractivity contribution in [2.75, 3.05) is 12.3 Å². The molecule has 1 aromatic rings. The Kier molecular flexibility index (Phi) is 2.96. The molecule has 6 heteroatoms. The van der Waals surface area contributed by atoms with Crippen molar-refractivity contribution in [1.29, 1.82) is 0 Å². The van der Waals surface area contributed by atoms with Crippen LogP contribution in [0, 0.1) is 0 Å². The zero-order valence-corrected chi connectivity index (χ0v) is 11.2. The van der Waals surface area contributed by atoms with Gasteiger partial charge in [0.25, 0.3) is 0 Å². The van der Waals surface area contributed by atoms with Gasteiger partial charge in [-0.1, -0.05) is 5.16 Å². The molecule has 1 atom stereocenters. The number of amides is 1. The number of nitrogens with two attached hydrogens (primary N) is 1. The van der Waals surface area contributed by atoms with E-state index < -0.39 is 5.60 Å². The second-order valence-corrected chi connectivity index (χ2v) is 5.51. The molecule has 1 unspecified atom stereocenters. The van der Waals surface area contributed by atoms with Gasteiger partial charge in [-0.3, -0.25) is 4.90 Å². The highest BCUT2D eigenvalue weighted by Gasteiger charge is 2.34. The molecule has 1 amide bonds. The van der Waals surface area contributed by atoms with Crippen molar-refractivity contribution in [3.8, 4) is 0 Å². The van der Waals surface area contributed by atoms with Gasteiger partial charge in [-0.05, 0) is 34.1 Å². The maximum atomic E-state index is 12.1. The van der Waals surface area contributed by atoms with E-state index in [-0.39, 0.29) is 12.1 Å². The Hall–Kier alpha value is -1.72. The molecule has 0 saturated heterocycles. The normalized spacial score (nSPS) is 19.6. The van der Waals surface area contributed by atoms with Gasteiger partial charge in [0.15, 0.2) is 0 Å². The Morgan fingerprint density at radius 2 is 2.22 bits per heavy atom. The third-order valence-electron chi connectivity index (χ3n) is 2.94. The van der Waals surface area contributed by atoms with E-state index >= 15 is 0 Å². The van der Waals surface area contributed by atoms with Crippen molar-refractivity contribution in [1.82, 2.24) is 10.1 Å². The second-order valence-electron chi connectivity index (χ2n) is 5.51. The van der Waals surface area contributed by atoms with E-state index in [9.17, 15) is 4.79 Å². The highest BCUT2D eigenvalue weighted by Crippen LogP contribution is 2.32. The van der Waals surface area contributed by atoms with Crippen molar-refractivity contribution < 1.29 is 14.1 Å². The standard InChI is InChI=1S/C12H19N3O3/c1-7-9-8(10(13)18-14-9)5-6-15(7)11(16)17-12(2,3)4/h7H,5-6,13H2,1-4H3. The van der Waals surface area contributed by atoms with Crippen molar-refractivity contribution >= 4 is 12.0 Å². The van der Waals surface area contributed by atoms with Gasteiger partial charge < -0.3 is 15.0 Å². The predicted octanol–water partition coefficient (Wildman–Crippen LogP) is 2.11. The maximum absolute atomic E-state index is 12.1.